The van der Waals surface area contributed by atoms with E-state index in [1.165, 1.54) is 5.69 Å². The molecular formula is C14H19N3O2. The molecule has 2 aliphatic heterocycles. The molecular weight excluding hydrogens is 242 g/mol. The monoisotopic (exact) mass is 261 g/mol. The summed E-state index contributed by atoms with van der Waals surface area (Å²) in [5.74, 6) is 0. The zero-order valence-electron chi connectivity index (χ0n) is 10.9. The summed E-state index contributed by atoms with van der Waals surface area (Å²) in [6, 6.07) is 8.30. The van der Waals surface area contributed by atoms with Crippen LogP contribution in [0.1, 0.15) is 12.8 Å². The van der Waals surface area contributed by atoms with Gasteiger partial charge in [-0.05, 0) is 37.1 Å². The molecule has 0 aromatic heterocycles. The average molecular weight is 261 g/mol. The van der Waals surface area contributed by atoms with Crippen LogP contribution in [-0.2, 0) is 4.74 Å². The molecule has 0 bridgehead atoms. The molecule has 102 valence electrons. The number of piperidine rings is 1. The summed E-state index contributed by atoms with van der Waals surface area (Å²) in [6.45, 7) is 3.22. The minimum absolute atomic E-state index is 0.147. The van der Waals surface area contributed by atoms with Gasteiger partial charge < -0.3 is 20.3 Å². The molecule has 1 aromatic rings. The maximum atomic E-state index is 11.5. The third-order valence-electron chi connectivity index (χ3n) is 3.96. The van der Waals surface area contributed by atoms with Crippen molar-refractivity contribution < 1.29 is 9.53 Å². The molecule has 0 saturated carbocycles. The van der Waals surface area contributed by atoms with Crippen LogP contribution >= 0.6 is 0 Å². The first-order valence-electron chi connectivity index (χ1n) is 6.78. The highest BCUT2D eigenvalue weighted by Crippen LogP contribution is 2.24. The molecule has 0 radical (unpaired) electrons. The molecule has 5 heteroatoms. The Labute approximate surface area is 112 Å². The molecule has 2 aliphatic rings. The Morgan fingerprint density at radius 2 is 1.79 bits per heavy atom. The molecule has 1 aromatic carbocycles. The lowest BCUT2D eigenvalue weighted by atomic mass is 10.0. The second-order valence-corrected chi connectivity index (χ2v) is 5.12. The van der Waals surface area contributed by atoms with Gasteiger partial charge in [0.25, 0.3) is 0 Å². The van der Waals surface area contributed by atoms with E-state index in [1.807, 2.05) is 17.0 Å². The highest BCUT2D eigenvalue weighted by molar-refractivity contribution is 5.69. The van der Waals surface area contributed by atoms with Gasteiger partial charge in [0, 0.05) is 30.5 Å². The maximum absolute atomic E-state index is 11.5. The Morgan fingerprint density at radius 1 is 1.11 bits per heavy atom. The van der Waals surface area contributed by atoms with Crippen LogP contribution in [0.15, 0.2) is 24.3 Å². The number of cyclic esters (lactones) is 1. The quantitative estimate of drug-likeness (QED) is 0.823. The Balaban J connectivity index is 1.60. The highest BCUT2D eigenvalue weighted by atomic mass is 16.6. The largest absolute Gasteiger partial charge is 0.448 e. The van der Waals surface area contributed by atoms with Gasteiger partial charge in [-0.2, -0.15) is 0 Å². The van der Waals surface area contributed by atoms with E-state index < -0.39 is 0 Å². The van der Waals surface area contributed by atoms with E-state index in [9.17, 15) is 4.79 Å². The SMILES string of the molecule is Nc1ccc(N2CCC(N3CCOC3=O)CC2)cc1. The van der Waals surface area contributed by atoms with Crippen LogP contribution in [0.4, 0.5) is 16.2 Å². The van der Waals surface area contributed by atoms with Crippen LogP contribution in [0.25, 0.3) is 0 Å². The minimum atomic E-state index is -0.147. The fraction of sp³-hybridized carbons (Fsp3) is 0.500. The fourth-order valence-corrected chi connectivity index (χ4v) is 2.86. The Kier molecular flexibility index (Phi) is 3.19. The number of nitrogens with two attached hydrogens (primary N) is 1. The molecule has 0 spiro atoms. The summed E-state index contributed by atoms with van der Waals surface area (Å²) < 4.78 is 5.00. The minimum Gasteiger partial charge on any atom is -0.448 e. The standard InChI is InChI=1S/C14H19N3O2/c15-11-1-3-12(4-2-11)16-7-5-13(6-8-16)17-9-10-19-14(17)18/h1-4,13H,5-10,15H2. The first kappa shape index (κ1) is 12.1. The molecule has 2 heterocycles. The van der Waals surface area contributed by atoms with Crippen molar-refractivity contribution in [3.05, 3.63) is 24.3 Å². The summed E-state index contributed by atoms with van der Waals surface area (Å²) >= 11 is 0. The molecule has 2 N–H and O–H groups in total. The maximum Gasteiger partial charge on any atom is 0.410 e. The van der Waals surface area contributed by atoms with Crippen LogP contribution in [-0.4, -0.2) is 43.3 Å². The van der Waals surface area contributed by atoms with E-state index in [0.717, 1.165) is 38.2 Å². The third kappa shape index (κ3) is 2.45. The van der Waals surface area contributed by atoms with Crippen LogP contribution in [0, 0.1) is 0 Å². The Morgan fingerprint density at radius 3 is 2.37 bits per heavy atom. The number of hydrogen-bond donors (Lipinski definition) is 1. The van der Waals surface area contributed by atoms with Crippen molar-refractivity contribution in [1.29, 1.82) is 0 Å². The van der Waals surface area contributed by atoms with E-state index in [2.05, 4.69) is 17.0 Å². The normalized spacial score (nSPS) is 20.7. The number of carbonyl (C=O) groups is 1. The lowest BCUT2D eigenvalue weighted by molar-refractivity contribution is 0.142. The second kappa shape index (κ2) is 4.99. The van der Waals surface area contributed by atoms with Crippen molar-refractivity contribution in [2.75, 3.05) is 36.9 Å². The molecule has 0 unspecified atom stereocenters. The molecule has 2 saturated heterocycles. The van der Waals surface area contributed by atoms with Gasteiger partial charge in [-0.15, -0.1) is 0 Å². The first-order chi connectivity index (χ1) is 9.24. The summed E-state index contributed by atoms with van der Waals surface area (Å²) in [6.07, 6.45) is 1.85. The van der Waals surface area contributed by atoms with Crippen LogP contribution in [0.5, 0.6) is 0 Å². The molecule has 0 aliphatic carbocycles. The van der Waals surface area contributed by atoms with Crippen LogP contribution in [0.3, 0.4) is 0 Å². The highest BCUT2D eigenvalue weighted by Gasteiger charge is 2.32. The molecule has 3 rings (SSSR count). The summed E-state index contributed by atoms with van der Waals surface area (Å²) in [5.41, 5.74) is 7.70. The number of ether oxygens (including phenoxy) is 1. The van der Waals surface area contributed by atoms with E-state index >= 15 is 0 Å². The molecule has 2 fully saturated rings. The Bertz CT molecular complexity index is 452. The predicted octanol–water partition coefficient (Wildman–Crippen LogP) is 1.69. The third-order valence-corrected chi connectivity index (χ3v) is 3.96. The fourth-order valence-electron chi connectivity index (χ4n) is 2.86. The van der Waals surface area contributed by atoms with Gasteiger partial charge in [0.2, 0.25) is 0 Å². The van der Waals surface area contributed by atoms with Gasteiger partial charge >= 0.3 is 6.09 Å². The number of nitrogens with zero attached hydrogens (tertiary/aromatic N) is 2. The zero-order valence-corrected chi connectivity index (χ0v) is 10.9. The summed E-state index contributed by atoms with van der Waals surface area (Å²) in [5, 5.41) is 0. The number of amides is 1. The smallest absolute Gasteiger partial charge is 0.410 e. The Hall–Kier alpha value is -1.91. The van der Waals surface area contributed by atoms with Gasteiger partial charge in [-0.3, -0.25) is 0 Å². The summed E-state index contributed by atoms with van der Waals surface area (Å²) in [4.78, 5) is 15.8. The number of rotatable bonds is 2. The number of carbonyl (C=O) groups excluding carboxylic acids is 1. The zero-order chi connectivity index (χ0) is 13.2. The van der Waals surface area contributed by atoms with Gasteiger partial charge in [-0.25, -0.2) is 4.79 Å². The van der Waals surface area contributed by atoms with Crippen molar-refractivity contribution in [2.45, 2.75) is 18.9 Å². The van der Waals surface area contributed by atoms with Crippen molar-refractivity contribution in [1.82, 2.24) is 4.90 Å². The van der Waals surface area contributed by atoms with Crippen LogP contribution < -0.4 is 10.6 Å². The van der Waals surface area contributed by atoms with Crippen molar-refractivity contribution in [2.24, 2.45) is 0 Å². The van der Waals surface area contributed by atoms with Crippen molar-refractivity contribution in [3.63, 3.8) is 0 Å². The van der Waals surface area contributed by atoms with E-state index in [-0.39, 0.29) is 6.09 Å². The number of anilines is 2. The topological polar surface area (TPSA) is 58.8 Å². The van der Waals surface area contributed by atoms with Gasteiger partial charge in [0.15, 0.2) is 0 Å². The van der Waals surface area contributed by atoms with Crippen molar-refractivity contribution in [3.8, 4) is 0 Å². The van der Waals surface area contributed by atoms with Gasteiger partial charge in [-0.1, -0.05) is 0 Å². The number of nitrogen functional groups attached to an aromatic ring is 1. The number of hydrogen-bond acceptors (Lipinski definition) is 4. The second-order valence-electron chi connectivity index (χ2n) is 5.12. The summed E-state index contributed by atoms with van der Waals surface area (Å²) in [7, 11) is 0. The molecule has 5 nitrogen and oxygen atoms in total. The van der Waals surface area contributed by atoms with Gasteiger partial charge in [0.05, 0.1) is 6.54 Å². The van der Waals surface area contributed by atoms with E-state index in [4.69, 9.17) is 10.5 Å². The van der Waals surface area contributed by atoms with Crippen molar-refractivity contribution >= 4 is 17.5 Å². The van der Waals surface area contributed by atoms with Crippen LogP contribution in [0.2, 0.25) is 0 Å². The molecule has 19 heavy (non-hydrogen) atoms. The lowest BCUT2D eigenvalue weighted by Crippen LogP contribution is -2.45. The first-order valence-corrected chi connectivity index (χ1v) is 6.78. The average Bonchev–Trinajstić information content (AvgIpc) is 2.86. The van der Waals surface area contributed by atoms with E-state index in [1.54, 1.807) is 0 Å². The molecule has 1 amide bonds. The predicted molar refractivity (Wildman–Crippen MR) is 74.1 cm³/mol. The molecule has 0 atom stereocenters. The lowest BCUT2D eigenvalue weighted by Gasteiger charge is -2.36. The number of benzene rings is 1. The van der Waals surface area contributed by atoms with Gasteiger partial charge in [0.1, 0.15) is 6.61 Å². The van der Waals surface area contributed by atoms with E-state index in [0.29, 0.717) is 12.6 Å².